The van der Waals surface area contributed by atoms with Crippen molar-refractivity contribution in [2.24, 2.45) is 0 Å². The molecule has 0 atom stereocenters. The number of anilines is 1. The van der Waals surface area contributed by atoms with Crippen molar-refractivity contribution in [3.8, 4) is 0 Å². The Kier molecular flexibility index (Phi) is 4.38. The summed E-state index contributed by atoms with van der Waals surface area (Å²) in [5.41, 5.74) is -0.405. The highest BCUT2D eigenvalue weighted by Gasteiger charge is 2.24. The number of aromatic nitrogens is 2. The van der Waals surface area contributed by atoms with Crippen molar-refractivity contribution in [1.82, 2.24) is 9.36 Å². The summed E-state index contributed by atoms with van der Waals surface area (Å²) in [6.07, 6.45) is 0. The van der Waals surface area contributed by atoms with E-state index in [-0.39, 0.29) is 10.2 Å². The number of carbonyl (C=O) groups is 1. The standard InChI is InChI=1S/C10H7Cl2N3O4S2/c1-4-13-10(20-14-4)15-21(18,19)7-3-5(11)2-6(8(7)12)9(16)17/h2-3H,1H3,(H,16,17)(H,13,14,15). The van der Waals surface area contributed by atoms with Gasteiger partial charge in [-0.25, -0.2) is 18.2 Å². The zero-order valence-electron chi connectivity index (χ0n) is 10.3. The van der Waals surface area contributed by atoms with Crippen LogP contribution in [-0.4, -0.2) is 28.9 Å². The minimum Gasteiger partial charge on any atom is -0.478 e. The Labute approximate surface area is 133 Å². The second-order valence-electron chi connectivity index (χ2n) is 3.82. The van der Waals surface area contributed by atoms with Gasteiger partial charge in [0, 0.05) is 16.6 Å². The number of carboxylic acids is 1. The van der Waals surface area contributed by atoms with Gasteiger partial charge in [0.25, 0.3) is 10.0 Å². The number of aromatic carboxylic acids is 1. The van der Waals surface area contributed by atoms with Crippen molar-refractivity contribution in [2.75, 3.05) is 4.72 Å². The topological polar surface area (TPSA) is 109 Å². The smallest absolute Gasteiger partial charge is 0.337 e. The Morgan fingerprint density at radius 3 is 2.57 bits per heavy atom. The van der Waals surface area contributed by atoms with Crippen LogP contribution in [0.1, 0.15) is 16.2 Å². The molecule has 0 unspecified atom stereocenters. The maximum Gasteiger partial charge on any atom is 0.337 e. The van der Waals surface area contributed by atoms with Crippen LogP contribution in [0.2, 0.25) is 10.0 Å². The summed E-state index contributed by atoms with van der Waals surface area (Å²) >= 11 is 12.4. The zero-order valence-corrected chi connectivity index (χ0v) is 13.4. The van der Waals surface area contributed by atoms with Gasteiger partial charge in [-0.3, -0.25) is 4.72 Å². The minimum atomic E-state index is -4.13. The molecule has 0 aliphatic heterocycles. The van der Waals surface area contributed by atoms with E-state index in [1.807, 2.05) is 0 Å². The molecule has 21 heavy (non-hydrogen) atoms. The van der Waals surface area contributed by atoms with E-state index >= 15 is 0 Å². The van der Waals surface area contributed by atoms with Gasteiger partial charge in [0.2, 0.25) is 5.13 Å². The van der Waals surface area contributed by atoms with E-state index < -0.39 is 31.5 Å². The maximum atomic E-state index is 12.3. The van der Waals surface area contributed by atoms with Crippen LogP contribution in [0.15, 0.2) is 17.0 Å². The van der Waals surface area contributed by atoms with E-state index in [1.165, 1.54) is 0 Å². The first-order valence-corrected chi connectivity index (χ1v) is 8.27. The van der Waals surface area contributed by atoms with Crippen LogP contribution in [0.25, 0.3) is 0 Å². The van der Waals surface area contributed by atoms with Crippen LogP contribution in [0.3, 0.4) is 0 Å². The summed E-state index contributed by atoms with van der Waals surface area (Å²) in [6.45, 7) is 1.60. The molecule has 2 N–H and O–H groups in total. The van der Waals surface area contributed by atoms with Gasteiger partial charge in [-0.05, 0) is 19.1 Å². The highest BCUT2D eigenvalue weighted by Crippen LogP contribution is 2.31. The molecule has 0 saturated heterocycles. The fourth-order valence-corrected chi connectivity index (χ4v) is 4.13. The molecule has 0 saturated carbocycles. The molecule has 0 fully saturated rings. The average molecular weight is 368 g/mol. The molecule has 1 heterocycles. The van der Waals surface area contributed by atoms with Gasteiger partial charge in [-0.15, -0.1) is 0 Å². The summed E-state index contributed by atoms with van der Waals surface area (Å²) < 4.78 is 30.5. The number of nitrogens with one attached hydrogen (secondary N) is 1. The van der Waals surface area contributed by atoms with Crippen molar-refractivity contribution in [3.05, 3.63) is 33.6 Å². The van der Waals surface area contributed by atoms with Gasteiger partial charge in [-0.2, -0.15) is 4.37 Å². The lowest BCUT2D eigenvalue weighted by atomic mass is 10.2. The molecular formula is C10H7Cl2N3O4S2. The lowest BCUT2D eigenvalue weighted by Crippen LogP contribution is -2.15. The number of hydrogen-bond donors (Lipinski definition) is 2. The molecule has 0 amide bonds. The molecule has 2 aromatic rings. The molecule has 7 nitrogen and oxygen atoms in total. The molecular weight excluding hydrogens is 361 g/mol. The maximum absolute atomic E-state index is 12.3. The zero-order chi connectivity index (χ0) is 15.8. The van der Waals surface area contributed by atoms with Crippen molar-refractivity contribution >= 4 is 55.9 Å². The highest BCUT2D eigenvalue weighted by molar-refractivity contribution is 7.93. The summed E-state index contributed by atoms with van der Waals surface area (Å²) in [4.78, 5) is 14.4. The third-order valence-corrected chi connectivity index (χ3v) is 5.22. The third-order valence-electron chi connectivity index (χ3n) is 2.27. The monoisotopic (exact) mass is 367 g/mol. The molecule has 1 aromatic heterocycles. The number of hydrogen-bond acceptors (Lipinski definition) is 6. The van der Waals surface area contributed by atoms with E-state index in [2.05, 4.69) is 14.1 Å². The second-order valence-corrected chi connectivity index (χ2v) is 7.04. The summed E-state index contributed by atoms with van der Waals surface area (Å²) in [7, 11) is -4.13. The lowest BCUT2D eigenvalue weighted by Gasteiger charge is -2.09. The third kappa shape index (κ3) is 3.43. The summed E-state index contributed by atoms with van der Waals surface area (Å²) in [5.74, 6) is -0.980. The van der Waals surface area contributed by atoms with Crippen LogP contribution in [0.4, 0.5) is 5.13 Å². The van der Waals surface area contributed by atoms with Crippen molar-refractivity contribution in [3.63, 3.8) is 0 Å². The number of sulfonamides is 1. The normalized spacial score (nSPS) is 11.4. The second kappa shape index (κ2) is 5.76. The van der Waals surface area contributed by atoms with Crippen LogP contribution < -0.4 is 4.72 Å². The minimum absolute atomic E-state index is 0.0421. The number of nitrogens with zero attached hydrogens (tertiary/aromatic N) is 2. The van der Waals surface area contributed by atoms with E-state index in [0.29, 0.717) is 5.82 Å². The SMILES string of the molecule is Cc1nsc(NS(=O)(=O)c2cc(Cl)cc(C(=O)O)c2Cl)n1. The summed E-state index contributed by atoms with van der Waals surface area (Å²) in [5, 5.41) is 8.54. The number of aryl methyl sites for hydroxylation is 1. The molecule has 11 heteroatoms. The largest absolute Gasteiger partial charge is 0.478 e. The predicted octanol–water partition coefficient (Wildman–Crippen LogP) is 2.65. The van der Waals surface area contributed by atoms with Gasteiger partial charge in [0.1, 0.15) is 10.7 Å². The molecule has 1 aromatic carbocycles. The average Bonchev–Trinajstić information content (AvgIpc) is 2.76. The van der Waals surface area contributed by atoms with E-state index in [0.717, 1.165) is 23.7 Å². The van der Waals surface area contributed by atoms with Gasteiger partial charge < -0.3 is 5.11 Å². The van der Waals surface area contributed by atoms with Gasteiger partial charge in [-0.1, -0.05) is 23.2 Å². The highest BCUT2D eigenvalue weighted by atomic mass is 35.5. The van der Waals surface area contributed by atoms with E-state index in [1.54, 1.807) is 6.92 Å². The molecule has 0 bridgehead atoms. The van der Waals surface area contributed by atoms with Crippen molar-refractivity contribution in [1.29, 1.82) is 0 Å². The van der Waals surface area contributed by atoms with E-state index in [4.69, 9.17) is 28.3 Å². The van der Waals surface area contributed by atoms with Crippen molar-refractivity contribution in [2.45, 2.75) is 11.8 Å². The molecule has 0 spiro atoms. The lowest BCUT2D eigenvalue weighted by molar-refractivity contribution is 0.0697. The number of carboxylic acid groups (broad SMARTS) is 1. The van der Waals surface area contributed by atoms with Crippen molar-refractivity contribution < 1.29 is 18.3 Å². The van der Waals surface area contributed by atoms with Gasteiger partial charge >= 0.3 is 5.97 Å². The fraction of sp³-hybridized carbons (Fsp3) is 0.100. The Hall–Kier alpha value is -1.42. The van der Waals surface area contributed by atoms with Gasteiger partial charge in [0.05, 0.1) is 10.6 Å². The van der Waals surface area contributed by atoms with Crippen LogP contribution in [-0.2, 0) is 10.0 Å². The van der Waals surface area contributed by atoms with Crippen LogP contribution >= 0.6 is 34.7 Å². The first-order chi connectivity index (χ1) is 9.70. The Morgan fingerprint density at radius 2 is 2.05 bits per heavy atom. The van der Waals surface area contributed by atoms with E-state index in [9.17, 15) is 13.2 Å². The molecule has 112 valence electrons. The van der Waals surface area contributed by atoms with Crippen LogP contribution in [0, 0.1) is 6.92 Å². The number of rotatable bonds is 4. The van der Waals surface area contributed by atoms with Crippen LogP contribution in [0.5, 0.6) is 0 Å². The van der Waals surface area contributed by atoms with Gasteiger partial charge in [0.15, 0.2) is 0 Å². The predicted molar refractivity (Wildman–Crippen MR) is 78.9 cm³/mol. The Balaban J connectivity index is 2.52. The first kappa shape index (κ1) is 16.0. The molecule has 0 aliphatic rings. The number of benzene rings is 1. The fourth-order valence-electron chi connectivity index (χ4n) is 1.42. The quantitative estimate of drug-likeness (QED) is 0.859. The first-order valence-electron chi connectivity index (χ1n) is 5.26. The number of halogens is 2. The molecule has 2 rings (SSSR count). The molecule has 0 aliphatic carbocycles. The molecule has 0 radical (unpaired) electrons. The Bertz CT molecular complexity index is 820. The summed E-state index contributed by atoms with van der Waals surface area (Å²) in [6, 6.07) is 2.13. The Morgan fingerprint density at radius 1 is 1.38 bits per heavy atom.